The van der Waals surface area contributed by atoms with Gasteiger partial charge in [-0.2, -0.15) is 4.98 Å². The lowest BCUT2D eigenvalue weighted by Crippen LogP contribution is -2.10. The summed E-state index contributed by atoms with van der Waals surface area (Å²) in [5.74, 6) is 0.523. The standard InChI is InChI=1S/C5H9N5OS/c6-3(11)1-2-12-5-8-4(7)9-10-5/h1-2H2,(H2,6,11)(H3,7,8,9,10). The minimum absolute atomic E-state index is 0.275. The molecule has 0 unspecified atom stereocenters. The number of aromatic nitrogens is 3. The summed E-state index contributed by atoms with van der Waals surface area (Å²) in [5, 5.41) is 6.78. The predicted octanol–water partition coefficient (Wildman–Crippen LogP) is -0.646. The molecule has 5 N–H and O–H groups in total. The molecule has 1 amide bonds. The van der Waals surface area contributed by atoms with Gasteiger partial charge in [0.25, 0.3) is 0 Å². The van der Waals surface area contributed by atoms with Gasteiger partial charge in [-0.05, 0) is 0 Å². The third-order valence-electron chi connectivity index (χ3n) is 1.06. The molecule has 0 aromatic carbocycles. The lowest BCUT2D eigenvalue weighted by molar-refractivity contribution is -0.117. The van der Waals surface area contributed by atoms with Crippen LogP contribution in [0.15, 0.2) is 5.16 Å². The zero-order valence-corrected chi connectivity index (χ0v) is 7.10. The number of carbonyl (C=O) groups is 1. The molecule has 1 heterocycles. The average Bonchev–Trinajstić information content (AvgIpc) is 2.35. The summed E-state index contributed by atoms with van der Waals surface area (Å²) < 4.78 is 0. The number of primary amides is 1. The predicted molar refractivity (Wildman–Crippen MR) is 45.3 cm³/mol. The topological polar surface area (TPSA) is 111 Å². The smallest absolute Gasteiger partial charge is 0.218 e. The van der Waals surface area contributed by atoms with Crippen molar-refractivity contribution in [3.8, 4) is 0 Å². The molecule has 0 saturated carbocycles. The van der Waals surface area contributed by atoms with Gasteiger partial charge < -0.3 is 11.5 Å². The van der Waals surface area contributed by atoms with E-state index in [9.17, 15) is 4.79 Å². The molecular formula is C5H9N5OS. The van der Waals surface area contributed by atoms with E-state index in [4.69, 9.17) is 11.5 Å². The summed E-state index contributed by atoms with van der Waals surface area (Å²) >= 11 is 1.34. The fourth-order valence-corrected chi connectivity index (χ4v) is 1.32. The molecule has 12 heavy (non-hydrogen) atoms. The van der Waals surface area contributed by atoms with E-state index < -0.39 is 0 Å². The molecule has 7 heteroatoms. The first-order valence-corrected chi connectivity index (χ1v) is 4.26. The van der Waals surface area contributed by atoms with Crippen molar-refractivity contribution in [2.75, 3.05) is 11.5 Å². The van der Waals surface area contributed by atoms with E-state index >= 15 is 0 Å². The minimum atomic E-state index is -0.328. The number of nitrogens with one attached hydrogen (secondary N) is 1. The molecule has 0 fully saturated rings. The third kappa shape index (κ3) is 2.79. The van der Waals surface area contributed by atoms with Crippen LogP contribution >= 0.6 is 11.8 Å². The molecule has 66 valence electrons. The highest BCUT2D eigenvalue weighted by Crippen LogP contribution is 2.13. The Morgan fingerprint density at radius 2 is 2.42 bits per heavy atom. The molecule has 1 aromatic rings. The zero-order valence-electron chi connectivity index (χ0n) is 6.28. The van der Waals surface area contributed by atoms with Crippen LogP contribution in [0.2, 0.25) is 0 Å². The van der Waals surface area contributed by atoms with E-state index in [1.165, 1.54) is 11.8 Å². The molecule has 0 aliphatic heterocycles. The highest BCUT2D eigenvalue weighted by molar-refractivity contribution is 7.99. The fourth-order valence-electron chi connectivity index (χ4n) is 0.566. The monoisotopic (exact) mass is 187 g/mol. The maximum absolute atomic E-state index is 10.3. The summed E-state index contributed by atoms with van der Waals surface area (Å²) in [6.07, 6.45) is 0.319. The van der Waals surface area contributed by atoms with Crippen LogP contribution in [0.4, 0.5) is 5.95 Å². The molecule has 1 rings (SSSR count). The second-order valence-electron chi connectivity index (χ2n) is 2.07. The quantitative estimate of drug-likeness (QED) is 0.543. The largest absolute Gasteiger partial charge is 0.370 e. The minimum Gasteiger partial charge on any atom is -0.370 e. The van der Waals surface area contributed by atoms with Crippen molar-refractivity contribution in [2.24, 2.45) is 5.73 Å². The van der Waals surface area contributed by atoms with Gasteiger partial charge in [-0.15, -0.1) is 5.10 Å². The first-order chi connectivity index (χ1) is 5.68. The van der Waals surface area contributed by atoms with Crippen LogP contribution in [0.5, 0.6) is 0 Å². The van der Waals surface area contributed by atoms with Crippen LogP contribution in [-0.2, 0) is 4.79 Å². The Labute approximate surface area is 73.1 Å². The molecule has 1 aromatic heterocycles. The third-order valence-corrected chi connectivity index (χ3v) is 1.91. The maximum atomic E-state index is 10.3. The number of H-pyrrole nitrogens is 1. The number of hydrogen-bond acceptors (Lipinski definition) is 5. The first-order valence-electron chi connectivity index (χ1n) is 3.27. The van der Waals surface area contributed by atoms with Crippen LogP contribution in [0, 0.1) is 0 Å². The number of nitrogens with zero attached hydrogens (tertiary/aromatic N) is 2. The SMILES string of the molecule is NC(=O)CCSc1n[nH]c(N)n1. The number of aromatic amines is 1. The van der Waals surface area contributed by atoms with Crippen LogP contribution in [-0.4, -0.2) is 26.8 Å². The Morgan fingerprint density at radius 3 is 2.92 bits per heavy atom. The van der Waals surface area contributed by atoms with Gasteiger partial charge >= 0.3 is 0 Å². The second kappa shape index (κ2) is 3.96. The van der Waals surface area contributed by atoms with E-state index in [2.05, 4.69) is 15.2 Å². The number of amides is 1. The molecule has 0 bridgehead atoms. The summed E-state index contributed by atoms with van der Waals surface area (Å²) in [4.78, 5) is 14.2. The van der Waals surface area contributed by atoms with E-state index in [-0.39, 0.29) is 11.9 Å². The van der Waals surface area contributed by atoms with Gasteiger partial charge in [0.1, 0.15) is 0 Å². The Morgan fingerprint density at radius 1 is 1.67 bits per heavy atom. The number of thioether (sulfide) groups is 1. The number of carbonyl (C=O) groups excluding carboxylic acids is 1. The van der Waals surface area contributed by atoms with Crippen LogP contribution in [0.25, 0.3) is 0 Å². The van der Waals surface area contributed by atoms with Gasteiger partial charge in [-0.25, -0.2) is 5.10 Å². The average molecular weight is 187 g/mol. The van der Waals surface area contributed by atoms with Gasteiger partial charge in [-0.3, -0.25) is 4.79 Å². The Balaban J connectivity index is 2.29. The van der Waals surface area contributed by atoms with Crippen molar-refractivity contribution >= 4 is 23.6 Å². The normalized spacial score (nSPS) is 10.0. The summed E-state index contributed by atoms with van der Waals surface area (Å²) in [6.45, 7) is 0. The van der Waals surface area contributed by atoms with Crippen molar-refractivity contribution in [1.29, 1.82) is 0 Å². The van der Waals surface area contributed by atoms with Crippen LogP contribution < -0.4 is 11.5 Å². The van der Waals surface area contributed by atoms with Gasteiger partial charge in [0.15, 0.2) is 0 Å². The summed E-state index contributed by atoms with van der Waals surface area (Å²) in [7, 11) is 0. The van der Waals surface area contributed by atoms with Crippen molar-refractivity contribution < 1.29 is 4.79 Å². The number of nitrogens with two attached hydrogens (primary N) is 2. The second-order valence-corrected chi connectivity index (χ2v) is 3.13. The van der Waals surface area contributed by atoms with E-state index in [0.29, 0.717) is 17.3 Å². The van der Waals surface area contributed by atoms with Crippen molar-refractivity contribution in [3.63, 3.8) is 0 Å². The van der Waals surface area contributed by atoms with Gasteiger partial charge in [0.2, 0.25) is 17.0 Å². The van der Waals surface area contributed by atoms with E-state index in [1.54, 1.807) is 0 Å². The number of nitrogen functional groups attached to an aromatic ring is 1. The number of hydrogen-bond donors (Lipinski definition) is 3. The van der Waals surface area contributed by atoms with Crippen molar-refractivity contribution in [3.05, 3.63) is 0 Å². The number of rotatable bonds is 4. The van der Waals surface area contributed by atoms with Gasteiger partial charge in [0.05, 0.1) is 0 Å². The van der Waals surface area contributed by atoms with Crippen LogP contribution in [0.3, 0.4) is 0 Å². The van der Waals surface area contributed by atoms with Crippen molar-refractivity contribution in [1.82, 2.24) is 15.2 Å². The fraction of sp³-hybridized carbons (Fsp3) is 0.400. The molecule has 0 saturated heterocycles. The zero-order chi connectivity index (χ0) is 8.97. The van der Waals surface area contributed by atoms with Gasteiger partial charge in [0, 0.05) is 12.2 Å². The highest BCUT2D eigenvalue weighted by atomic mass is 32.2. The maximum Gasteiger partial charge on any atom is 0.218 e. The first kappa shape index (κ1) is 8.85. The van der Waals surface area contributed by atoms with E-state index in [1.807, 2.05) is 0 Å². The molecule has 0 atom stereocenters. The summed E-state index contributed by atoms with van der Waals surface area (Å²) in [6, 6.07) is 0. The Bertz CT molecular complexity index is 273. The van der Waals surface area contributed by atoms with E-state index in [0.717, 1.165) is 0 Å². The molecule has 0 spiro atoms. The molecule has 0 aliphatic rings. The molecule has 6 nitrogen and oxygen atoms in total. The number of anilines is 1. The summed E-state index contributed by atoms with van der Waals surface area (Å²) in [5.41, 5.74) is 10.2. The lowest BCUT2D eigenvalue weighted by Gasteiger charge is -1.91. The molecule has 0 aliphatic carbocycles. The Hall–Kier alpha value is -1.24. The van der Waals surface area contributed by atoms with Crippen LogP contribution in [0.1, 0.15) is 6.42 Å². The Kier molecular flexibility index (Phi) is 2.92. The lowest BCUT2D eigenvalue weighted by atomic mass is 10.5. The van der Waals surface area contributed by atoms with Crippen molar-refractivity contribution in [2.45, 2.75) is 11.6 Å². The molecule has 0 radical (unpaired) electrons. The van der Waals surface area contributed by atoms with Gasteiger partial charge in [-0.1, -0.05) is 11.8 Å². The molecular weight excluding hydrogens is 178 g/mol. The highest BCUT2D eigenvalue weighted by Gasteiger charge is 2.01.